The van der Waals surface area contributed by atoms with Crippen LogP contribution in [0.15, 0.2) is 59.1 Å². The van der Waals surface area contributed by atoms with E-state index < -0.39 is 0 Å². The van der Waals surface area contributed by atoms with Crippen LogP contribution in [0, 0.1) is 0 Å². The Labute approximate surface area is 156 Å². The van der Waals surface area contributed by atoms with Crippen LogP contribution in [-0.4, -0.2) is 39.0 Å². The molecule has 2 aromatic carbocycles. The van der Waals surface area contributed by atoms with Crippen molar-refractivity contribution in [1.82, 2.24) is 10.6 Å². The lowest BCUT2D eigenvalue weighted by Gasteiger charge is -2.22. The van der Waals surface area contributed by atoms with Crippen LogP contribution in [0.3, 0.4) is 0 Å². The first-order valence-corrected chi connectivity index (χ1v) is 8.92. The molecular formula is C19H23BrN3O2+. The Morgan fingerprint density at radius 2 is 1.64 bits per heavy atom. The van der Waals surface area contributed by atoms with Gasteiger partial charge in [0.1, 0.15) is 6.04 Å². The number of likely N-dealkylation sites (N-methyl/N-ethyl adjacent to an activating group) is 1. The summed E-state index contributed by atoms with van der Waals surface area (Å²) in [7, 11) is 4.11. The highest BCUT2D eigenvalue weighted by Crippen LogP contribution is 2.10. The molecular weight excluding hydrogens is 382 g/mol. The first kappa shape index (κ1) is 19.1. The van der Waals surface area contributed by atoms with Crippen LogP contribution in [0.1, 0.15) is 22.0 Å². The Balaban J connectivity index is 1.83. The molecule has 0 aliphatic carbocycles. The van der Waals surface area contributed by atoms with Gasteiger partial charge in [-0.1, -0.05) is 46.3 Å². The summed E-state index contributed by atoms with van der Waals surface area (Å²) in [5, 5.41) is 5.53. The van der Waals surface area contributed by atoms with Crippen molar-refractivity contribution in [2.75, 3.05) is 27.2 Å². The molecule has 0 aliphatic heterocycles. The van der Waals surface area contributed by atoms with Gasteiger partial charge in [-0.2, -0.15) is 0 Å². The summed E-state index contributed by atoms with van der Waals surface area (Å²) in [6.45, 7) is 0.471. The van der Waals surface area contributed by atoms with Gasteiger partial charge in [0, 0.05) is 15.6 Å². The third-order valence-corrected chi connectivity index (χ3v) is 4.45. The van der Waals surface area contributed by atoms with Crippen molar-refractivity contribution in [2.24, 2.45) is 0 Å². The zero-order valence-electron chi connectivity index (χ0n) is 14.4. The van der Waals surface area contributed by atoms with Crippen LogP contribution in [0.25, 0.3) is 0 Å². The molecule has 3 N–H and O–H groups in total. The van der Waals surface area contributed by atoms with Crippen LogP contribution >= 0.6 is 15.9 Å². The van der Waals surface area contributed by atoms with Crippen molar-refractivity contribution in [1.29, 1.82) is 0 Å². The van der Waals surface area contributed by atoms with E-state index in [1.165, 1.54) is 10.5 Å². The second-order valence-corrected chi connectivity index (χ2v) is 6.95. The highest BCUT2D eigenvalue weighted by atomic mass is 79.9. The number of quaternary nitrogens is 1. The molecule has 5 nitrogen and oxygen atoms in total. The fraction of sp³-hybridized carbons (Fsp3) is 0.263. The maximum atomic E-state index is 12.0. The molecule has 0 radical (unpaired) electrons. The van der Waals surface area contributed by atoms with Crippen LogP contribution in [0.4, 0.5) is 0 Å². The molecule has 2 amide bonds. The minimum Gasteiger partial charge on any atom is -0.348 e. The normalized spacial score (nSPS) is 11.8. The lowest BCUT2D eigenvalue weighted by atomic mass is 10.1. The van der Waals surface area contributed by atoms with Gasteiger partial charge in [-0.3, -0.25) is 9.59 Å². The summed E-state index contributed by atoms with van der Waals surface area (Å²) in [6.07, 6.45) is 0. The second-order valence-electron chi connectivity index (χ2n) is 6.03. The topological polar surface area (TPSA) is 62.6 Å². The highest BCUT2D eigenvalue weighted by molar-refractivity contribution is 9.10. The van der Waals surface area contributed by atoms with Gasteiger partial charge in [-0.25, -0.2) is 0 Å². The molecule has 0 saturated heterocycles. The predicted octanol–water partition coefficient (Wildman–Crippen LogP) is 1.18. The zero-order valence-corrected chi connectivity index (χ0v) is 16.0. The number of carbonyl (C=O) groups is 2. The molecule has 0 fully saturated rings. The van der Waals surface area contributed by atoms with Crippen LogP contribution < -0.4 is 15.5 Å². The minimum atomic E-state index is -0.263. The van der Waals surface area contributed by atoms with E-state index in [4.69, 9.17) is 0 Å². The number of nitrogens with one attached hydrogen (secondary N) is 3. The molecule has 0 saturated carbocycles. The first-order chi connectivity index (χ1) is 12.0. The smallest absolute Gasteiger partial charge is 0.251 e. The molecule has 0 unspecified atom stereocenters. The van der Waals surface area contributed by atoms with Gasteiger partial charge in [0.15, 0.2) is 0 Å². The summed E-state index contributed by atoms with van der Waals surface area (Å²) in [5.74, 6) is -0.465. The van der Waals surface area contributed by atoms with Crippen molar-refractivity contribution >= 4 is 27.7 Å². The van der Waals surface area contributed by atoms with E-state index in [2.05, 4.69) is 52.8 Å². The van der Waals surface area contributed by atoms with Crippen molar-refractivity contribution in [2.45, 2.75) is 6.04 Å². The van der Waals surface area contributed by atoms with E-state index in [1.807, 2.05) is 18.2 Å². The van der Waals surface area contributed by atoms with Crippen molar-refractivity contribution in [3.05, 3.63) is 70.2 Å². The molecule has 2 rings (SSSR count). The van der Waals surface area contributed by atoms with Gasteiger partial charge in [-0.15, -0.1) is 0 Å². The molecule has 0 bridgehead atoms. The summed E-state index contributed by atoms with van der Waals surface area (Å²) >= 11 is 3.32. The number of rotatable bonds is 7. The Kier molecular flexibility index (Phi) is 7.16. The van der Waals surface area contributed by atoms with E-state index >= 15 is 0 Å². The molecule has 6 heteroatoms. The van der Waals surface area contributed by atoms with Gasteiger partial charge < -0.3 is 15.5 Å². The Hall–Kier alpha value is -2.18. The molecule has 0 aliphatic rings. The number of benzene rings is 2. The van der Waals surface area contributed by atoms with E-state index in [-0.39, 0.29) is 24.4 Å². The standard InChI is InChI=1S/C19H22BrN3O2/c1-23(2)17(14-6-4-3-5-7-14)12-21-18(24)13-22-19(25)15-8-10-16(20)11-9-15/h3-11,17H,12-13H2,1-2H3,(H,21,24)(H,22,25)/p+1/t17-/m0/s1. The fourth-order valence-electron chi connectivity index (χ4n) is 2.48. The third-order valence-electron chi connectivity index (χ3n) is 3.92. The van der Waals surface area contributed by atoms with Gasteiger partial charge in [0.25, 0.3) is 5.91 Å². The Morgan fingerprint density at radius 1 is 1.00 bits per heavy atom. The zero-order chi connectivity index (χ0) is 18.2. The number of carbonyl (C=O) groups excluding carboxylic acids is 2. The molecule has 0 heterocycles. The number of hydrogen-bond donors (Lipinski definition) is 3. The van der Waals surface area contributed by atoms with Crippen LogP contribution in [0.5, 0.6) is 0 Å². The van der Waals surface area contributed by atoms with E-state index in [9.17, 15) is 9.59 Å². The van der Waals surface area contributed by atoms with Gasteiger partial charge in [-0.05, 0) is 24.3 Å². The van der Waals surface area contributed by atoms with Crippen molar-refractivity contribution in [3.63, 3.8) is 0 Å². The molecule has 132 valence electrons. The van der Waals surface area contributed by atoms with E-state index in [0.717, 1.165) is 4.47 Å². The summed E-state index contributed by atoms with van der Waals surface area (Å²) in [5.41, 5.74) is 1.69. The fourth-order valence-corrected chi connectivity index (χ4v) is 2.75. The third kappa shape index (κ3) is 5.99. The minimum absolute atomic E-state index is 0.0425. The average Bonchev–Trinajstić information content (AvgIpc) is 2.61. The molecule has 25 heavy (non-hydrogen) atoms. The molecule has 0 spiro atoms. The lowest BCUT2D eigenvalue weighted by molar-refractivity contribution is -0.890. The lowest BCUT2D eigenvalue weighted by Crippen LogP contribution is -3.07. The second kappa shape index (κ2) is 9.34. The molecule has 1 atom stereocenters. The average molecular weight is 405 g/mol. The summed E-state index contributed by atoms with van der Waals surface area (Å²) in [4.78, 5) is 25.3. The summed E-state index contributed by atoms with van der Waals surface area (Å²) in [6, 6.07) is 17.2. The Bertz CT molecular complexity index is 702. The maximum Gasteiger partial charge on any atom is 0.251 e. The van der Waals surface area contributed by atoms with Gasteiger partial charge in [0.2, 0.25) is 5.91 Å². The van der Waals surface area contributed by atoms with Crippen molar-refractivity contribution in [3.8, 4) is 0 Å². The largest absolute Gasteiger partial charge is 0.348 e. The summed E-state index contributed by atoms with van der Waals surface area (Å²) < 4.78 is 0.903. The quantitative estimate of drug-likeness (QED) is 0.648. The number of halogens is 1. The number of hydrogen-bond acceptors (Lipinski definition) is 2. The molecule has 2 aromatic rings. The van der Waals surface area contributed by atoms with E-state index in [1.54, 1.807) is 24.3 Å². The monoisotopic (exact) mass is 404 g/mol. The predicted molar refractivity (Wildman–Crippen MR) is 101 cm³/mol. The Morgan fingerprint density at radius 3 is 2.24 bits per heavy atom. The maximum absolute atomic E-state index is 12.0. The number of amides is 2. The van der Waals surface area contributed by atoms with Gasteiger partial charge in [0.05, 0.1) is 27.2 Å². The van der Waals surface area contributed by atoms with Crippen LogP contribution in [0.2, 0.25) is 0 Å². The van der Waals surface area contributed by atoms with Crippen molar-refractivity contribution < 1.29 is 14.5 Å². The first-order valence-electron chi connectivity index (χ1n) is 8.13. The van der Waals surface area contributed by atoms with Crippen LogP contribution in [-0.2, 0) is 4.79 Å². The SMILES string of the molecule is C[NH+](C)[C@@H](CNC(=O)CNC(=O)c1ccc(Br)cc1)c1ccccc1. The molecule has 0 aromatic heterocycles. The highest BCUT2D eigenvalue weighted by Gasteiger charge is 2.18. The van der Waals surface area contributed by atoms with E-state index in [0.29, 0.717) is 12.1 Å². The van der Waals surface area contributed by atoms with Gasteiger partial charge >= 0.3 is 0 Å².